The van der Waals surface area contributed by atoms with Crippen LogP contribution in [0.4, 0.5) is 0 Å². The number of rotatable bonds is 4. The summed E-state index contributed by atoms with van der Waals surface area (Å²) in [6.45, 7) is 8.45. The van der Waals surface area contributed by atoms with Crippen LogP contribution in [0.2, 0.25) is 0 Å². The van der Waals surface area contributed by atoms with Crippen molar-refractivity contribution in [1.29, 1.82) is 0 Å². The first-order valence-corrected chi connectivity index (χ1v) is 10.4. The molecule has 0 saturated carbocycles. The van der Waals surface area contributed by atoms with Crippen molar-refractivity contribution in [3.8, 4) is 11.3 Å². The summed E-state index contributed by atoms with van der Waals surface area (Å²) in [5.74, 6) is 0.0778. The van der Waals surface area contributed by atoms with Crippen molar-refractivity contribution < 1.29 is 4.79 Å². The highest BCUT2D eigenvalue weighted by molar-refractivity contribution is 5.92. The molecule has 1 aliphatic rings. The van der Waals surface area contributed by atoms with Gasteiger partial charge in [-0.3, -0.25) is 9.69 Å². The molecule has 0 unspecified atom stereocenters. The summed E-state index contributed by atoms with van der Waals surface area (Å²) in [4.78, 5) is 21.5. The number of aromatic amines is 1. The Kier molecular flexibility index (Phi) is 4.36. The highest BCUT2D eigenvalue weighted by Crippen LogP contribution is 2.38. The summed E-state index contributed by atoms with van der Waals surface area (Å²) in [5, 5.41) is 5.58. The predicted octanol–water partition coefficient (Wildman–Crippen LogP) is 3.15. The van der Waals surface area contributed by atoms with Gasteiger partial charge in [-0.1, -0.05) is 13.8 Å². The number of nitrogens with zero attached hydrogens (tertiary/aromatic N) is 4. The molecule has 1 aliphatic heterocycles. The number of H-pyrrole nitrogens is 1. The Bertz CT molecular complexity index is 1280. The largest absolute Gasteiger partial charge is 0.369 e. The minimum Gasteiger partial charge on any atom is -0.369 e. The van der Waals surface area contributed by atoms with Crippen molar-refractivity contribution in [3.05, 3.63) is 53.0 Å². The van der Waals surface area contributed by atoms with Crippen molar-refractivity contribution in [2.24, 2.45) is 5.73 Å². The summed E-state index contributed by atoms with van der Waals surface area (Å²) >= 11 is 0. The van der Waals surface area contributed by atoms with Crippen LogP contribution < -0.4 is 5.73 Å². The molecule has 7 nitrogen and oxygen atoms in total. The Hall–Kier alpha value is -3.19. The molecule has 30 heavy (non-hydrogen) atoms. The van der Waals surface area contributed by atoms with E-state index >= 15 is 0 Å². The van der Waals surface area contributed by atoms with Gasteiger partial charge in [0, 0.05) is 35.8 Å². The van der Waals surface area contributed by atoms with Crippen LogP contribution >= 0.6 is 0 Å². The lowest BCUT2D eigenvalue weighted by Gasteiger charge is -2.27. The fourth-order valence-corrected chi connectivity index (χ4v) is 4.74. The van der Waals surface area contributed by atoms with E-state index in [1.165, 1.54) is 22.1 Å². The molecule has 3 aromatic heterocycles. The number of aromatic nitrogens is 4. The molecule has 0 saturated heterocycles. The summed E-state index contributed by atoms with van der Waals surface area (Å²) in [5.41, 5.74) is 14.7. The van der Waals surface area contributed by atoms with E-state index in [0.29, 0.717) is 12.5 Å². The lowest BCUT2D eigenvalue weighted by molar-refractivity contribution is -0.119. The summed E-state index contributed by atoms with van der Waals surface area (Å²) in [7, 11) is 0. The highest BCUT2D eigenvalue weighted by atomic mass is 16.1. The lowest BCUT2D eigenvalue weighted by atomic mass is 9.92. The van der Waals surface area contributed by atoms with Crippen LogP contribution in [0.3, 0.4) is 0 Å². The molecule has 0 atom stereocenters. The molecule has 0 radical (unpaired) electrons. The zero-order chi connectivity index (χ0) is 21.0. The Morgan fingerprint density at radius 3 is 2.87 bits per heavy atom. The van der Waals surface area contributed by atoms with Gasteiger partial charge < -0.3 is 10.7 Å². The number of aryl methyl sites for hydroxylation is 1. The van der Waals surface area contributed by atoms with Gasteiger partial charge in [0.25, 0.3) is 0 Å². The van der Waals surface area contributed by atoms with Crippen LogP contribution in [0.15, 0.2) is 30.7 Å². The Morgan fingerprint density at radius 1 is 1.27 bits per heavy atom. The van der Waals surface area contributed by atoms with E-state index in [-0.39, 0.29) is 5.91 Å². The van der Waals surface area contributed by atoms with Crippen molar-refractivity contribution >= 4 is 22.5 Å². The zero-order valence-corrected chi connectivity index (χ0v) is 17.6. The number of carbonyl (C=O) groups excluding carboxylic acids is 1. The Balaban J connectivity index is 1.66. The molecule has 0 bridgehead atoms. The topological polar surface area (TPSA) is 92.3 Å². The van der Waals surface area contributed by atoms with Crippen LogP contribution in [0.1, 0.15) is 42.0 Å². The van der Waals surface area contributed by atoms with Crippen molar-refractivity contribution in [2.45, 2.75) is 39.7 Å². The van der Waals surface area contributed by atoms with Gasteiger partial charge in [0.1, 0.15) is 6.33 Å². The average molecular weight is 403 g/mol. The maximum atomic E-state index is 11.4. The van der Waals surface area contributed by atoms with E-state index < -0.39 is 0 Å². The van der Waals surface area contributed by atoms with Gasteiger partial charge in [-0.25, -0.2) is 9.50 Å². The van der Waals surface area contributed by atoms with E-state index in [4.69, 9.17) is 5.73 Å². The van der Waals surface area contributed by atoms with Gasteiger partial charge in [0.15, 0.2) is 5.65 Å². The normalized spacial score (nSPS) is 14.7. The molecular weight excluding hydrogens is 376 g/mol. The summed E-state index contributed by atoms with van der Waals surface area (Å²) in [6, 6.07) is 6.76. The van der Waals surface area contributed by atoms with Gasteiger partial charge in [0.05, 0.1) is 12.2 Å². The number of benzene rings is 1. The number of nitrogens with two attached hydrogens (primary N) is 1. The quantitative estimate of drug-likeness (QED) is 0.548. The standard InChI is InChI=1S/C23H26N6O/c1-13(2)21-18-7-16-9-28(11-20(24)30)5-4-15(16)8-19(18)27-22(21)17-6-14(3)23-25-12-26-29(23)10-17/h6-8,10,12-13,27H,4-5,9,11H2,1-3H3,(H2,24,30). The minimum atomic E-state index is -0.273. The lowest BCUT2D eigenvalue weighted by Crippen LogP contribution is -2.37. The fourth-order valence-electron chi connectivity index (χ4n) is 4.74. The number of amides is 1. The summed E-state index contributed by atoms with van der Waals surface area (Å²) < 4.78 is 1.84. The second-order valence-corrected chi connectivity index (χ2v) is 8.60. The van der Waals surface area contributed by atoms with Gasteiger partial charge >= 0.3 is 0 Å². The number of carbonyl (C=O) groups is 1. The number of pyridine rings is 1. The van der Waals surface area contributed by atoms with Crippen LogP contribution in [0, 0.1) is 6.92 Å². The first-order chi connectivity index (χ1) is 14.4. The van der Waals surface area contributed by atoms with Gasteiger partial charge in [0.2, 0.25) is 5.91 Å². The molecule has 4 aromatic rings. The smallest absolute Gasteiger partial charge is 0.231 e. The Labute approximate surface area is 174 Å². The van der Waals surface area contributed by atoms with Crippen LogP contribution in [0.5, 0.6) is 0 Å². The average Bonchev–Trinajstić information content (AvgIpc) is 3.30. The fraction of sp³-hybridized carbons (Fsp3) is 0.348. The molecule has 5 rings (SSSR count). The second kappa shape index (κ2) is 6.95. The summed E-state index contributed by atoms with van der Waals surface area (Å²) in [6.07, 6.45) is 4.56. The highest BCUT2D eigenvalue weighted by Gasteiger charge is 2.22. The van der Waals surface area contributed by atoms with E-state index in [9.17, 15) is 4.79 Å². The first-order valence-electron chi connectivity index (χ1n) is 10.4. The number of hydrogen-bond donors (Lipinski definition) is 2. The van der Waals surface area contributed by atoms with Crippen molar-refractivity contribution in [1.82, 2.24) is 24.5 Å². The van der Waals surface area contributed by atoms with Gasteiger partial charge in [-0.2, -0.15) is 5.10 Å². The van der Waals surface area contributed by atoms with E-state index in [2.05, 4.69) is 58.9 Å². The molecule has 4 heterocycles. The molecule has 154 valence electrons. The molecule has 7 heteroatoms. The van der Waals surface area contributed by atoms with Gasteiger partial charge in [-0.15, -0.1) is 0 Å². The maximum absolute atomic E-state index is 11.4. The minimum absolute atomic E-state index is 0.273. The maximum Gasteiger partial charge on any atom is 0.231 e. The predicted molar refractivity (Wildman–Crippen MR) is 117 cm³/mol. The zero-order valence-electron chi connectivity index (χ0n) is 17.6. The molecule has 0 spiro atoms. The number of nitrogens with one attached hydrogen (secondary N) is 1. The van der Waals surface area contributed by atoms with Crippen LogP contribution in [-0.4, -0.2) is 43.5 Å². The monoisotopic (exact) mass is 402 g/mol. The van der Waals surface area contributed by atoms with Crippen LogP contribution in [-0.2, 0) is 17.8 Å². The van der Waals surface area contributed by atoms with E-state index in [1.54, 1.807) is 6.33 Å². The van der Waals surface area contributed by atoms with E-state index in [0.717, 1.165) is 47.5 Å². The molecular formula is C23H26N6O. The molecule has 3 N–H and O–H groups in total. The van der Waals surface area contributed by atoms with Crippen LogP contribution in [0.25, 0.3) is 27.8 Å². The second-order valence-electron chi connectivity index (χ2n) is 8.60. The first kappa shape index (κ1) is 18.8. The van der Waals surface area contributed by atoms with Crippen molar-refractivity contribution in [3.63, 3.8) is 0 Å². The molecule has 0 fully saturated rings. The van der Waals surface area contributed by atoms with Crippen molar-refractivity contribution in [2.75, 3.05) is 13.1 Å². The van der Waals surface area contributed by atoms with E-state index in [1.807, 2.05) is 10.7 Å². The molecule has 0 aliphatic carbocycles. The van der Waals surface area contributed by atoms with Gasteiger partial charge in [-0.05, 0) is 59.7 Å². The third-order valence-corrected chi connectivity index (χ3v) is 6.05. The number of hydrogen-bond acceptors (Lipinski definition) is 4. The number of primary amides is 1. The Morgan fingerprint density at radius 2 is 2.10 bits per heavy atom. The SMILES string of the molecule is Cc1cc(-c2[nH]c3cc4c(cc3c2C(C)C)CN(CC(N)=O)CC4)cn2ncnc12. The molecule has 1 aromatic carbocycles. The molecule has 1 amide bonds. The third-order valence-electron chi connectivity index (χ3n) is 6.05. The number of fused-ring (bicyclic) bond motifs is 3. The third kappa shape index (κ3) is 3.06.